The zero-order chi connectivity index (χ0) is 21.2. The Morgan fingerprint density at radius 3 is 2.52 bits per heavy atom. The summed E-state index contributed by atoms with van der Waals surface area (Å²) in [6.07, 6.45) is -1.80. The Morgan fingerprint density at radius 1 is 1.17 bits per heavy atom. The van der Waals surface area contributed by atoms with Crippen LogP contribution in [-0.2, 0) is 16.4 Å². The molecule has 29 heavy (non-hydrogen) atoms. The van der Waals surface area contributed by atoms with Gasteiger partial charge in [0, 0.05) is 29.9 Å². The van der Waals surface area contributed by atoms with Gasteiger partial charge in [-0.25, -0.2) is 17.2 Å². The van der Waals surface area contributed by atoms with Crippen LogP contribution in [0.1, 0.15) is 30.5 Å². The summed E-state index contributed by atoms with van der Waals surface area (Å²) in [6.45, 7) is 1.38. The van der Waals surface area contributed by atoms with Crippen LogP contribution >= 0.6 is 0 Å². The highest BCUT2D eigenvalue weighted by Crippen LogP contribution is 2.26. The van der Waals surface area contributed by atoms with E-state index >= 15 is 0 Å². The average Bonchev–Trinajstić information content (AvgIpc) is 3.15. The summed E-state index contributed by atoms with van der Waals surface area (Å²) >= 11 is 0. The number of rotatable bonds is 7. The van der Waals surface area contributed by atoms with E-state index in [1.807, 2.05) is 0 Å². The van der Waals surface area contributed by atoms with Crippen LogP contribution in [0.15, 0.2) is 34.9 Å². The molecule has 1 N–H and O–H groups in total. The molecule has 0 aliphatic carbocycles. The molecule has 2 aromatic heterocycles. The Kier molecular flexibility index (Phi) is 5.82. The van der Waals surface area contributed by atoms with E-state index in [2.05, 4.69) is 19.9 Å². The first-order valence-electron chi connectivity index (χ1n) is 8.23. The Morgan fingerprint density at radius 2 is 1.93 bits per heavy atom. The minimum Gasteiger partial charge on any atom is -0.415 e. The Balaban J connectivity index is 1.88. The minimum atomic E-state index is -3.76. The van der Waals surface area contributed by atoms with E-state index in [1.54, 1.807) is 0 Å². The molecule has 0 aliphatic heterocycles. The van der Waals surface area contributed by atoms with Gasteiger partial charge in [-0.05, 0) is 25.1 Å². The zero-order valence-corrected chi connectivity index (χ0v) is 15.7. The molecule has 12 heteroatoms. The van der Waals surface area contributed by atoms with E-state index in [-0.39, 0.29) is 34.9 Å². The fourth-order valence-electron chi connectivity index (χ4n) is 2.39. The summed E-state index contributed by atoms with van der Waals surface area (Å²) in [5.41, 5.74) is 0.250. The second-order valence-electron chi connectivity index (χ2n) is 5.88. The molecule has 0 fully saturated rings. The van der Waals surface area contributed by atoms with Crippen LogP contribution in [0.4, 0.5) is 23.2 Å². The number of sulfonamides is 1. The van der Waals surface area contributed by atoms with Crippen LogP contribution in [0.3, 0.4) is 0 Å². The van der Waals surface area contributed by atoms with Gasteiger partial charge < -0.3 is 4.42 Å². The first-order valence-corrected chi connectivity index (χ1v) is 9.89. The van der Waals surface area contributed by atoms with Crippen LogP contribution in [-0.4, -0.2) is 29.4 Å². The normalized spacial score (nSPS) is 11.8. The number of halogens is 4. The van der Waals surface area contributed by atoms with E-state index in [0.717, 1.165) is 6.07 Å². The second kappa shape index (κ2) is 8.15. The van der Waals surface area contributed by atoms with Crippen LogP contribution in [0.2, 0.25) is 0 Å². The van der Waals surface area contributed by atoms with Crippen molar-refractivity contribution >= 4 is 15.7 Å². The fourth-order valence-corrected chi connectivity index (χ4v) is 3.05. The van der Waals surface area contributed by atoms with Crippen molar-refractivity contribution in [3.8, 4) is 11.5 Å². The van der Waals surface area contributed by atoms with Crippen molar-refractivity contribution in [3.05, 3.63) is 59.2 Å². The molecular formula is C17H14F4N4O3S. The van der Waals surface area contributed by atoms with Gasteiger partial charge in [-0.2, -0.15) is 8.78 Å². The van der Waals surface area contributed by atoms with Gasteiger partial charge in [-0.15, -0.1) is 10.2 Å². The molecule has 0 unspecified atom stereocenters. The van der Waals surface area contributed by atoms with E-state index in [4.69, 9.17) is 4.42 Å². The lowest BCUT2D eigenvalue weighted by molar-refractivity contribution is 0.116. The molecule has 1 aromatic carbocycles. The van der Waals surface area contributed by atoms with Crippen molar-refractivity contribution in [3.63, 3.8) is 0 Å². The largest absolute Gasteiger partial charge is 0.415 e. The van der Waals surface area contributed by atoms with Gasteiger partial charge >= 0.3 is 6.43 Å². The van der Waals surface area contributed by atoms with E-state index in [9.17, 15) is 26.0 Å². The first-order chi connectivity index (χ1) is 13.7. The quantitative estimate of drug-likeness (QED) is 0.574. The smallest absolute Gasteiger partial charge is 0.314 e. The molecule has 0 atom stereocenters. The molecule has 2 heterocycles. The van der Waals surface area contributed by atoms with Gasteiger partial charge in [0.15, 0.2) is 0 Å². The minimum absolute atomic E-state index is 0.0959. The van der Waals surface area contributed by atoms with Gasteiger partial charge in [-0.1, -0.05) is 0 Å². The highest BCUT2D eigenvalue weighted by Gasteiger charge is 2.19. The lowest BCUT2D eigenvalue weighted by atomic mass is 10.1. The van der Waals surface area contributed by atoms with E-state index in [0.29, 0.717) is 11.8 Å². The molecule has 154 valence electrons. The third kappa shape index (κ3) is 4.88. The predicted octanol–water partition coefficient (Wildman–Crippen LogP) is 3.70. The van der Waals surface area contributed by atoms with Gasteiger partial charge in [0.1, 0.15) is 11.6 Å². The summed E-state index contributed by atoms with van der Waals surface area (Å²) in [7, 11) is -3.76. The topological polar surface area (TPSA) is 98.0 Å². The van der Waals surface area contributed by atoms with Crippen LogP contribution in [0, 0.1) is 11.6 Å². The third-order valence-corrected chi connectivity index (χ3v) is 5.15. The van der Waals surface area contributed by atoms with Gasteiger partial charge in [0.05, 0.1) is 17.0 Å². The number of nitrogens with one attached hydrogen (secondary N) is 1. The summed E-state index contributed by atoms with van der Waals surface area (Å²) < 4.78 is 83.5. The standard InChI is InChI=1S/C17H14F4N4O3S/c1-2-29(26,27)25-14-6-10(18)5-13(19)12(14)7-11-4-3-9(8-22-11)16-23-24-17(28-16)15(20)21/h3-6,8,15,25H,2,7H2,1H3. The van der Waals surface area contributed by atoms with Crippen molar-refractivity contribution in [1.29, 1.82) is 0 Å². The maximum absolute atomic E-state index is 14.3. The first kappa shape index (κ1) is 20.7. The van der Waals surface area contributed by atoms with Crippen molar-refractivity contribution in [2.45, 2.75) is 19.8 Å². The number of alkyl halides is 2. The molecule has 0 saturated heterocycles. The summed E-state index contributed by atoms with van der Waals surface area (Å²) in [6, 6.07) is 4.41. The Labute approximate surface area is 162 Å². The number of hydrogen-bond donors (Lipinski definition) is 1. The van der Waals surface area contributed by atoms with Crippen LogP contribution in [0.5, 0.6) is 0 Å². The summed E-state index contributed by atoms with van der Waals surface area (Å²) in [5, 5.41) is 6.71. The van der Waals surface area contributed by atoms with E-state index < -0.39 is 34.0 Å². The van der Waals surface area contributed by atoms with Gasteiger partial charge in [0.2, 0.25) is 15.9 Å². The molecule has 0 spiro atoms. The molecule has 3 aromatic rings. The predicted molar refractivity (Wildman–Crippen MR) is 94.7 cm³/mol. The van der Waals surface area contributed by atoms with Crippen LogP contribution < -0.4 is 4.72 Å². The summed E-state index contributed by atoms with van der Waals surface area (Å²) in [5.74, 6) is -3.14. The number of nitrogens with zero attached hydrogens (tertiary/aromatic N) is 3. The Hall–Kier alpha value is -3.02. The molecule has 0 aliphatic rings. The fraction of sp³-hybridized carbons (Fsp3) is 0.235. The van der Waals surface area contributed by atoms with Crippen molar-refractivity contribution < 1.29 is 30.4 Å². The lowest BCUT2D eigenvalue weighted by Gasteiger charge is -2.13. The molecule has 3 rings (SSSR count). The highest BCUT2D eigenvalue weighted by atomic mass is 32.2. The number of hydrogen-bond acceptors (Lipinski definition) is 6. The highest BCUT2D eigenvalue weighted by molar-refractivity contribution is 7.92. The number of anilines is 1. The monoisotopic (exact) mass is 430 g/mol. The van der Waals surface area contributed by atoms with Crippen LogP contribution in [0.25, 0.3) is 11.5 Å². The lowest BCUT2D eigenvalue weighted by Crippen LogP contribution is -2.17. The summed E-state index contributed by atoms with van der Waals surface area (Å²) in [4.78, 5) is 4.07. The van der Waals surface area contributed by atoms with Crippen molar-refractivity contribution in [1.82, 2.24) is 15.2 Å². The van der Waals surface area contributed by atoms with Crippen molar-refractivity contribution in [2.75, 3.05) is 10.5 Å². The van der Waals surface area contributed by atoms with Gasteiger partial charge in [0.25, 0.3) is 5.89 Å². The molecule has 0 amide bonds. The third-order valence-electron chi connectivity index (χ3n) is 3.86. The number of benzene rings is 1. The maximum Gasteiger partial charge on any atom is 0.314 e. The zero-order valence-electron chi connectivity index (χ0n) is 14.9. The molecule has 0 radical (unpaired) electrons. The average molecular weight is 430 g/mol. The molecule has 0 bridgehead atoms. The van der Waals surface area contributed by atoms with Crippen molar-refractivity contribution in [2.24, 2.45) is 0 Å². The molecule has 0 saturated carbocycles. The van der Waals surface area contributed by atoms with E-state index in [1.165, 1.54) is 25.3 Å². The van der Waals surface area contributed by atoms with Gasteiger partial charge in [-0.3, -0.25) is 9.71 Å². The SMILES string of the molecule is CCS(=O)(=O)Nc1cc(F)cc(F)c1Cc1ccc(-c2nnc(C(F)F)o2)cn1. The molecular weight excluding hydrogens is 416 g/mol. The number of pyridine rings is 1. The molecule has 7 nitrogen and oxygen atoms in total. The number of aromatic nitrogens is 3. The second-order valence-corrected chi connectivity index (χ2v) is 7.89. The Bertz CT molecular complexity index is 1120. The maximum atomic E-state index is 14.3.